The zero-order valence-electron chi connectivity index (χ0n) is 17.3. The molecule has 1 saturated heterocycles. The van der Waals surface area contributed by atoms with Crippen molar-refractivity contribution in [3.8, 4) is 5.75 Å². The first-order valence-electron chi connectivity index (χ1n) is 10.7. The quantitative estimate of drug-likeness (QED) is 0.812. The molecular weight excluding hydrogens is 370 g/mol. The van der Waals surface area contributed by atoms with Crippen molar-refractivity contribution >= 4 is 17.7 Å². The van der Waals surface area contributed by atoms with Crippen molar-refractivity contribution in [3.63, 3.8) is 0 Å². The summed E-state index contributed by atoms with van der Waals surface area (Å²) in [6, 6.07) is 6.35. The van der Waals surface area contributed by atoms with Crippen molar-refractivity contribution in [2.24, 2.45) is 0 Å². The first-order chi connectivity index (χ1) is 14.0. The van der Waals surface area contributed by atoms with Gasteiger partial charge in [0.25, 0.3) is 0 Å². The normalized spacial score (nSPS) is 30.0. The van der Waals surface area contributed by atoms with Gasteiger partial charge in [-0.2, -0.15) is 0 Å². The highest BCUT2D eigenvalue weighted by atomic mass is 16.5. The second-order valence-electron chi connectivity index (χ2n) is 8.57. The van der Waals surface area contributed by atoms with E-state index in [4.69, 9.17) is 4.74 Å². The van der Waals surface area contributed by atoms with Crippen LogP contribution in [0.25, 0.3) is 0 Å². The first kappa shape index (κ1) is 20.0. The Morgan fingerprint density at radius 3 is 2.72 bits per heavy atom. The number of benzene rings is 1. The molecule has 0 radical (unpaired) electrons. The predicted octanol–water partition coefficient (Wildman–Crippen LogP) is 3.29. The smallest absolute Gasteiger partial charge is 0.407 e. The third-order valence-electron chi connectivity index (χ3n) is 7.20. The fraction of sp³-hybridized carbons (Fsp3) is 0.636. The molecule has 2 heterocycles. The maximum atomic E-state index is 12.9. The minimum atomic E-state index is -0.809. The fourth-order valence-electron chi connectivity index (χ4n) is 5.51. The van der Waals surface area contributed by atoms with E-state index >= 15 is 0 Å². The molecule has 7 nitrogen and oxygen atoms in total. The van der Waals surface area contributed by atoms with Crippen LogP contribution in [-0.2, 0) is 10.2 Å². The number of hydrogen-bond acceptors (Lipinski definition) is 4. The lowest BCUT2D eigenvalue weighted by molar-refractivity contribution is -0.122. The van der Waals surface area contributed by atoms with Crippen LogP contribution < -0.4 is 10.1 Å². The summed E-state index contributed by atoms with van der Waals surface area (Å²) in [5.74, 6) is 0.867. The lowest BCUT2D eigenvalue weighted by Crippen LogP contribution is -2.49. The summed E-state index contributed by atoms with van der Waals surface area (Å²) in [5, 5.41) is 12.6. The molecule has 1 atom stereocenters. The third kappa shape index (κ3) is 3.45. The van der Waals surface area contributed by atoms with E-state index in [0.29, 0.717) is 12.6 Å². The largest absolute Gasteiger partial charge is 0.497 e. The van der Waals surface area contributed by atoms with E-state index < -0.39 is 11.5 Å². The van der Waals surface area contributed by atoms with Crippen molar-refractivity contribution < 1.29 is 19.4 Å². The average molecular weight is 402 g/mol. The maximum Gasteiger partial charge on any atom is 0.407 e. The number of rotatable bonds is 3. The van der Waals surface area contributed by atoms with Crippen LogP contribution in [0.3, 0.4) is 0 Å². The number of fused-ring (bicyclic) bond motifs is 2. The monoisotopic (exact) mass is 401 g/mol. The van der Waals surface area contributed by atoms with E-state index in [2.05, 4.69) is 17.1 Å². The van der Waals surface area contributed by atoms with Gasteiger partial charge in [-0.1, -0.05) is 13.0 Å². The molecule has 0 aromatic heterocycles. The van der Waals surface area contributed by atoms with Gasteiger partial charge in [-0.3, -0.25) is 9.69 Å². The topological polar surface area (TPSA) is 82.1 Å². The SMILES string of the molecule is CCC1CN(C2CCC3(CC2)C(=O)Nc2cc(OC)ccc23)CCCN1C(=O)O. The lowest BCUT2D eigenvalue weighted by atomic mass is 9.68. The number of anilines is 1. The number of carboxylic acid groups (broad SMARTS) is 1. The molecule has 1 spiro atoms. The molecule has 158 valence electrons. The van der Waals surface area contributed by atoms with Gasteiger partial charge in [-0.05, 0) is 50.2 Å². The number of methoxy groups -OCH3 is 1. The van der Waals surface area contributed by atoms with Gasteiger partial charge in [0.15, 0.2) is 0 Å². The third-order valence-corrected chi connectivity index (χ3v) is 7.20. The molecule has 1 unspecified atom stereocenters. The van der Waals surface area contributed by atoms with Crippen molar-refractivity contribution in [1.29, 1.82) is 0 Å². The summed E-state index contributed by atoms with van der Waals surface area (Å²) in [5.41, 5.74) is 1.55. The molecule has 2 fully saturated rings. The summed E-state index contributed by atoms with van der Waals surface area (Å²) < 4.78 is 5.30. The first-order valence-corrected chi connectivity index (χ1v) is 10.7. The number of nitrogens with one attached hydrogen (secondary N) is 1. The lowest BCUT2D eigenvalue weighted by Gasteiger charge is -2.41. The maximum absolute atomic E-state index is 12.9. The highest BCUT2D eigenvalue weighted by Gasteiger charge is 2.49. The molecular formula is C22H31N3O4. The highest BCUT2D eigenvalue weighted by molar-refractivity contribution is 6.06. The molecule has 1 aliphatic carbocycles. The van der Waals surface area contributed by atoms with Crippen molar-refractivity contribution in [3.05, 3.63) is 23.8 Å². The Kier molecular flexibility index (Phi) is 5.42. The number of amides is 2. The molecule has 4 rings (SSSR count). The van der Waals surface area contributed by atoms with E-state index in [0.717, 1.165) is 68.6 Å². The van der Waals surface area contributed by atoms with Crippen molar-refractivity contribution in [2.45, 2.75) is 62.9 Å². The Hall–Kier alpha value is -2.28. The molecule has 2 amide bonds. The molecule has 2 N–H and O–H groups in total. The van der Waals surface area contributed by atoms with Crippen LogP contribution in [0.4, 0.5) is 10.5 Å². The Bertz CT molecular complexity index is 788. The van der Waals surface area contributed by atoms with Crippen LogP contribution in [0.5, 0.6) is 5.75 Å². The van der Waals surface area contributed by atoms with Crippen LogP contribution >= 0.6 is 0 Å². The number of carbonyl (C=O) groups is 2. The van der Waals surface area contributed by atoms with Gasteiger partial charge in [0.1, 0.15) is 5.75 Å². The zero-order chi connectivity index (χ0) is 20.6. The van der Waals surface area contributed by atoms with Crippen LogP contribution in [0, 0.1) is 0 Å². The second kappa shape index (κ2) is 7.86. The van der Waals surface area contributed by atoms with E-state index in [1.165, 1.54) is 0 Å². The van der Waals surface area contributed by atoms with Crippen LogP contribution in [0.1, 0.15) is 51.0 Å². The second-order valence-corrected chi connectivity index (χ2v) is 8.57. The molecule has 1 aromatic rings. The molecule has 1 aromatic carbocycles. The van der Waals surface area contributed by atoms with E-state index in [1.54, 1.807) is 12.0 Å². The molecule has 7 heteroatoms. The van der Waals surface area contributed by atoms with Gasteiger partial charge in [0.05, 0.1) is 12.5 Å². The molecule has 1 saturated carbocycles. The Morgan fingerprint density at radius 2 is 2.07 bits per heavy atom. The number of ether oxygens (including phenoxy) is 1. The van der Waals surface area contributed by atoms with Gasteiger partial charge in [0.2, 0.25) is 5.91 Å². The minimum absolute atomic E-state index is 0.0499. The standard InChI is InChI=1S/C22H31N3O4/c1-3-15-14-24(11-4-12-25(15)21(27)28)16-7-9-22(10-8-16)18-6-5-17(29-2)13-19(18)23-20(22)26/h5-6,13,15-16H,3-4,7-12,14H2,1-2H3,(H,23,26)(H,27,28). The van der Waals surface area contributed by atoms with Crippen LogP contribution in [-0.4, -0.2) is 65.7 Å². The number of nitrogens with zero attached hydrogens (tertiary/aromatic N) is 2. The minimum Gasteiger partial charge on any atom is -0.497 e. The fourth-order valence-corrected chi connectivity index (χ4v) is 5.51. The summed E-state index contributed by atoms with van der Waals surface area (Å²) in [6.07, 6.45) is 4.48. The van der Waals surface area contributed by atoms with E-state index in [9.17, 15) is 14.7 Å². The predicted molar refractivity (Wildman–Crippen MR) is 111 cm³/mol. The molecule has 2 aliphatic heterocycles. The number of carbonyl (C=O) groups excluding carboxylic acids is 1. The van der Waals surface area contributed by atoms with Gasteiger partial charge >= 0.3 is 6.09 Å². The van der Waals surface area contributed by atoms with Gasteiger partial charge in [-0.15, -0.1) is 0 Å². The molecule has 29 heavy (non-hydrogen) atoms. The van der Waals surface area contributed by atoms with E-state index in [-0.39, 0.29) is 11.9 Å². The van der Waals surface area contributed by atoms with Gasteiger partial charge in [0, 0.05) is 43.5 Å². The van der Waals surface area contributed by atoms with Crippen molar-refractivity contribution in [1.82, 2.24) is 9.80 Å². The average Bonchev–Trinajstić information content (AvgIpc) is 2.87. The highest BCUT2D eigenvalue weighted by Crippen LogP contribution is 2.49. The summed E-state index contributed by atoms with van der Waals surface area (Å²) in [7, 11) is 1.63. The van der Waals surface area contributed by atoms with E-state index in [1.807, 2.05) is 18.2 Å². The van der Waals surface area contributed by atoms with Gasteiger partial charge in [-0.25, -0.2) is 4.79 Å². The van der Waals surface area contributed by atoms with Gasteiger partial charge < -0.3 is 20.1 Å². The Labute approximate surface area is 172 Å². The summed E-state index contributed by atoms with van der Waals surface area (Å²) in [6.45, 7) is 4.39. The van der Waals surface area contributed by atoms with Crippen molar-refractivity contribution in [2.75, 3.05) is 32.1 Å². The summed E-state index contributed by atoms with van der Waals surface area (Å²) in [4.78, 5) is 28.6. The Morgan fingerprint density at radius 1 is 1.31 bits per heavy atom. The van der Waals surface area contributed by atoms with Crippen LogP contribution in [0.2, 0.25) is 0 Å². The Balaban J connectivity index is 1.47. The molecule has 0 bridgehead atoms. The molecule has 3 aliphatic rings. The van der Waals surface area contributed by atoms with Crippen LogP contribution in [0.15, 0.2) is 18.2 Å². The number of hydrogen-bond donors (Lipinski definition) is 2. The summed E-state index contributed by atoms with van der Waals surface area (Å²) >= 11 is 0. The zero-order valence-corrected chi connectivity index (χ0v) is 17.3.